The highest BCUT2D eigenvalue weighted by Gasteiger charge is 2.35. The van der Waals surface area contributed by atoms with E-state index >= 15 is 0 Å². The van der Waals surface area contributed by atoms with E-state index in [0.717, 1.165) is 49.6 Å². The van der Waals surface area contributed by atoms with Crippen LogP contribution in [0.15, 0.2) is 54.7 Å². The second-order valence-electron chi connectivity index (χ2n) is 8.79. The summed E-state index contributed by atoms with van der Waals surface area (Å²) < 4.78 is 46.5. The molecule has 36 heavy (non-hydrogen) atoms. The summed E-state index contributed by atoms with van der Waals surface area (Å²) in [6.07, 6.45) is 5.07. The number of hydrogen-bond acceptors (Lipinski definition) is 5. The third kappa shape index (κ3) is 8.73. The summed E-state index contributed by atoms with van der Waals surface area (Å²) in [5.41, 5.74) is 1.42. The first-order valence-corrected chi connectivity index (χ1v) is 12.7. The Kier molecular flexibility index (Phi) is 10.4. The molecule has 0 saturated heterocycles. The first kappa shape index (κ1) is 27.3. The molecule has 1 aromatic heterocycles. The zero-order valence-electron chi connectivity index (χ0n) is 21.0. The van der Waals surface area contributed by atoms with Gasteiger partial charge in [0.2, 0.25) is 5.95 Å². The number of nitrogens with zero attached hydrogens (tertiary/aromatic N) is 2. The van der Waals surface area contributed by atoms with Gasteiger partial charge in [0.1, 0.15) is 17.1 Å². The van der Waals surface area contributed by atoms with Crippen molar-refractivity contribution >= 4 is 23.1 Å². The lowest BCUT2D eigenvalue weighted by Gasteiger charge is -2.15. The van der Waals surface area contributed by atoms with E-state index < -0.39 is 11.7 Å². The maximum absolute atomic E-state index is 13.6. The monoisotopic (exact) mass is 500 g/mol. The Hall–Kier alpha value is -3.29. The van der Waals surface area contributed by atoms with Crippen LogP contribution in [-0.4, -0.2) is 16.6 Å². The van der Waals surface area contributed by atoms with Crippen molar-refractivity contribution in [3.8, 4) is 5.75 Å². The van der Waals surface area contributed by atoms with Crippen LogP contribution in [0, 0.1) is 0 Å². The Morgan fingerprint density at radius 3 is 2.08 bits per heavy atom. The molecule has 3 aromatic rings. The van der Waals surface area contributed by atoms with Gasteiger partial charge in [0.05, 0.1) is 6.61 Å². The second-order valence-corrected chi connectivity index (χ2v) is 8.79. The number of anilines is 4. The van der Waals surface area contributed by atoms with Gasteiger partial charge in [-0.05, 0) is 61.2 Å². The third-order valence-corrected chi connectivity index (χ3v) is 5.76. The number of halogens is 3. The minimum atomic E-state index is -4.59. The van der Waals surface area contributed by atoms with Crippen LogP contribution < -0.4 is 15.4 Å². The molecule has 0 unspecified atom stereocenters. The van der Waals surface area contributed by atoms with Gasteiger partial charge in [-0.15, -0.1) is 0 Å². The Bertz CT molecular complexity index is 1050. The van der Waals surface area contributed by atoms with Gasteiger partial charge in [-0.1, -0.05) is 58.1 Å². The van der Waals surface area contributed by atoms with Gasteiger partial charge in [-0.25, -0.2) is 4.98 Å². The molecule has 194 valence electrons. The number of hydrogen-bond donors (Lipinski definition) is 2. The van der Waals surface area contributed by atoms with Crippen molar-refractivity contribution in [1.82, 2.24) is 9.97 Å². The number of unbranched alkanes of at least 4 members (excludes halogenated alkanes) is 5. The highest BCUT2D eigenvalue weighted by atomic mass is 19.4. The summed E-state index contributed by atoms with van der Waals surface area (Å²) in [7, 11) is 0. The van der Waals surface area contributed by atoms with Gasteiger partial charge in [-0.3, -0.25) is 0 Å². The topological polar surface area (TPSA) is 59.1 Å². The van der Waals surface area contributed by atoms with E-state index in [0.29, 0.717) is 18.0 Å². The second kappa shape index (κ2) is 13.7. The average molecular weight is 501 g/mol. The fraction of sp³-hybridized carbons (Fsp3) is 0.429. The number of ether oxygens (including phenoxy) is 1. The molecule has 0 bridgehead atoms. The molecule has 0 atom stereocenters. The van der Waals surface area contributed by atoms with E-state index in [2.05, 4.69) is 34.4 Å². The number of alkyl halides is 3. The number of aromatic nitrogens is 2. The van der Waals surface area contributed by atoms with Crippen LogP contribution in [0.2, 0.25) is 0 Å². The van der Waals surface area contributed by atoms with Crippen LogP contribution in [0.25, 0.3) is 0 Å². The first-order chi connectivity index (χ1) is 17.4. The quantitative estimate of drug-likeness (QED) is 0.217. The minimum absolute atomic E-state index is 0.0645. The van der Waals surface area contributed by atoms with Crippen LogP contribution in [0.5, 0.6) is 5.75 Å². The van der Waals surface area contributed by atoms with E-state index in [1.54, 1.807) is 36.4 Å². The van der Waals surface area contributed by atoms with E-state index in [1.165, 1.54) is 19.3 Å². The molecule has 0 fully saturated rings. The lowest BCUT2D eigenvalue weighted by atomic mass is 10.1. The average Bonchev–Trinajstić information content (AvgIpc) is 2.86. The Morgan fingerprint density at radius 2 is 1.42 bits per heavy atom. The van der Waals surface area contributed by atoms with E-state index in [4.69, 9.17) is 4.74 Å². The molecule has 3 rings (SSSR count). The molecule has 2 N–H and O–H groups in total. The fourth-order valence-electron chi connectivity index (χ4n) is 3.70. The molecule has 8 heteroatoms. The molecule has 5 nitrogen and oxygen atoms in total. The summed E-state index contributed by atoms with van der Waals surface area (Å²) >= 11 is 0. The predicted molar refractivity (Wildman–Crippen MR) is 139 cm³/mol. The normalized spacial score (nSPS) is 11.4. The molecular formula is C28H35F3N4O. The Morgan fingerprint density at radius 1 is 0.778 bits per heavy atom. The maximum atomic E-state index is 13.6. The fourth-order valence-corrected chi connectivity index (χ4v) is 3.70. The van der Waals surface area contributed by atoms with Crippen LogP contribution >= 0.6 is 0 Å². The Balaban J connectivity index is 1.68. The molecule has 0 amide bonds. The zero-order valence-corrected chi connectivity index (χ0v) is 21.0. The summed E-state index contributed by atoms with van der Waals surface area (Å²) in [5, 5.41) is 5.79. The first-order valence-electron chi connectivity index (χ1n) is 12.7. The van der Waals surface area contributed by atoms with Crippen molar-refractivity contribution in [2.45, 2.75) is 71.4 Å². The Labute approximate surface area is 211 Å². The third-order valence-electron chi connectivity index (χ3n) is 5.76. The largest absolute Gasteiger partial charge is 0.494 e. The SMILES string of the molecule is CCCCCCc1ccc(Nc2nc(Nc3ccc(OCCCCC)cc3)ncc2C(F)(F)F)cc1. The van der Waals surface area contributed by atoms with Crippen molar-refractivity contribution in [2.24, 2.45) is 0 Å². The molecular weight excluding hydrogens is 465 g/mol. The highest BCUT2D eigenvalue weighted by molar-refractivity contribution is 5.63. The van der Waals surface area contributed by atoms with Gasteiger partial charge in [0, 0.05) is 17.6 Å². The maximum Gasteiger partial charge on any atom is 0.421 e. The molecule has 1 heterocycles. The standard InChI is InChI=1S/C28H35F3N4O/c1-3-5-7-8-10-21-11-13-22(14-12-21)33-26-25(28(29,30)31)20-32-27(35-26)34-23-15-17-24(18-16-23)36-19-9-6-4-2/h11-18,20H,3-10,19H2,1-2H3,(H2,32,33,34,35). The van der Waals surface area contributed by atoms with Gasteiger partial charge in [-0.2, -0.15) is 18.2 Å². The van der Waals surface area contributed by atoms with Crippen molar-refractivity contribution in [3.05, 3.63) is 65.9 Å². The van der Waals surface area contributed by atoms with Gasteiger partial charge < -0.3 is 15.4 Å². The smallest absolute Gasteiger partial charge is 0.421 e. The van der Waals surface area contributed by atoms with E-state index in [1.807, 2.05) is 12.1 Å². The van der Waals surface area contributed by atoms with Crippen LogP contribution in [0.3, 0.4) is 0 Å². The van der Waals surface area contributed by atoms with Crippen LogP contribution in [0.4, 0.5) is 36.3 Å². The molecule has 0 radical (unpaired) electrons. The molecule has 0 aliphatic carbocycles. The summed E-state index contributed by atoms with van der Waals surface area (Å²) in [4.78, 5) is 8.01. The number of rotatable bonds is 14. The molecule has 0 spiro atoms. The lowest BCUT2D eigenvalue weighted by Crippen LogP contribution is -2.12. The lowest BCUT2D eigenvalue weighted by molar-refractivity contribution is -0.137. The van der Waals surface area contributed by atoms with Crippen LogP contribution in [-0.2, 0) is 12.6 Å². The van der Waals surface area contributed by atoms with Crippen molar-refractivity contribution in [2.75, 3.05) is 17.2 Å². The predicted octanol–water partition coefficient (Wildman–Crippen LogP) is 8.67. The zero-order chi connectivity index (χ0) is 25.8. The van der Waals surface area contributed by atoms with Gasteiger partial charge in [0.15, 0.2) is 0 Å². The molecule has 0 aliphatic heterocycles. The molecule has 0 aliphatic rings. The number of nitrogens with one attached hydrogen (secondary N) is 2. The molecule has 0 saturated carbocycles. The highest BCUT2D eigenvalue weighted by Crippen LogP contribution is 2.35. The molecule has 2 aromatic carbocycles. The van der Waals surface area contributed by atoms with E-state index in [9.17, 15) is 13.2 Å². The van der Waals surface area contributed by atoms with Crippen LogP contribution in [0.1, 0.15) is 69.9 Å². The summed E-state index contributed by atoms with van der Waals surface area (Å²) in [6, 6.07) is 14.6. The number of aryl methyl sites for hydroxylation is 1. The summed E-state index contributed by atoms with van der Waals surface area (Å²) in [6.45, 7) is 4.96. The van der Waals surface area contributed by atoms with E-state index in [-0.39, 0.29) is 11.8 Å². The van der Waals surface area contributed by atoms with Crippen molar-refractivity contribution in [3.63, 3.8) is 0 Å². The van der Waals surface area contributed by atoms with Gasteiger partial charge in [0.25, 0.3) is 0 Å². The van der Waals surface area contributed by atoms with Crippen molar-refractivity contribution < 1.29 is 17.9 Å². The summed E-state index contributed by atoms with van der Waals surface area (Å²) in [5.74, 6) is 0.502. The van der Waals surface area contributed by atoms with Crippen molar-refractivity contribution in [1.29, 1.82) is 0 Å². The number of benzene rings is 2. The van der Waals surface area contributed by atoms with Gasteiger partial charge >= 0.3 is 6.18 Å². The minimum Gasteiger partial charge on any atom is -0.494 e.